The molecule has 2 aromatic carbocycles. The van der Waals surface area contributed by atoms with Crippen LogP contribution in [0.4, 0.5) is 11.4 Å². The highest BCUT2D eigenvalue weighted by atomic mass is 16.6. The number of hydrogen-bond donors (Lipinski definition) is 1. The van der Waals surface area contributed by atoms with Crippen molar-refractivity contribution in [2.75, 3.05) is 12.4 Å². The molecule has 0 bridgehead atoms. The van der Waals surface area contributed by atoms with Crippen LogP contribution >= 0.6 is 0 Å². The SMILES string of the molecule is COc1ccc([N+](=O)[O-])cc1NC(=O)c1cn(Cc2ccccc2)nn1. The van der Waals surface area contributed by atoms with Crippen LogP contribution in [0.1, 0.15) is 16.1 Å². The smallest absolute Gasteiger partial charge is 0.277 e. The lowest BCUT2D eigenvalue weighted by Crippen LogP contribution is -2.13. The number of carbonyl (C=O) groups is 1. The number of ether oxygens (including phenoxy) is 1. The Morgan fingerprint density at radius 1 is 1.27 bits per heavy atom. The lowest BCUT2D eigenvalue weighted by molar-refractivity contribution is -0.384. The van der Waals surface area contributed by atoms with Crippen LogP contribution in [-0.4, -0.2) is 32.9 Å². The van der Waals surface area contributed by atoms with Crippen LogP contribution in [0.25, 0.3) is 0 Å². The largest absolute Gasteiger partial charge is 0.495 e. The molecule has 1 N–H and O–H groups in total. The number of aromatic nitrogens is 3. The topological polar surface area (TPSA) is 112 Å². The molecule has 3 aromatic rings. The second-order valence-corrected chi connectivity index (χ2v) is 5.38. The van der Waals surface area contributed by atoms with Gasteiger partial charge in [-0.25, -0.2) is 4.68 Å². The lowest BCUT2D eigenvalue weighted by atomic mass is 10.2. The van der Waals surface area contributed by atoms with Gasteiger partial charge in [-0.2, -0.15) is 0 Å². The molecule has 1 aromatic heterocycles. The first-order valence-corrected chi connectivity index (χ1v) is 7.64. The Morgan fingerprint density at radius 2 is 2.04 bits per heavy atom. The van der Waals surface area contributed by atoms with Crippen LogP contribution in [0.15, 0.2) is 54.7 Å². The molecule has 0 unspecified atom stereocenters. The molecule has 0 aliphatic carbocycles. The summed E-state index contributed by atoms with van der Waals surface area (Å²) in [4.78, 5) is 22.7. The minimum atomic E-state index is -0.550. The summed E-state index contributed by atoms with van der Waals surface area (Å²) in [6.07, 6.45) is 1.51. The van der Waals surface area contributed by atoms with Crippen molar-refractivity contribution in [1.82, 2.24) is 15.0 Å². The first kappa shape index (κ1) is 17.1. The van der Waals surface area contributed by atoms with E-state index < -0.39 is 10.8 Å². The molecule has 0 spiro atoms. The molecule has 26 heavy (non-hydrogen) atoms. The van der Waals surface area contributed by atoms with Gasteiger partial charge < -0.3 is 10.1 Å². The molecule has 1 heterocycles. The Kier molecular flexibility index (Phi) is 4.88. The molecule has 0 saturated heterocycles. The molecular weight excluding hydrogens is 338 g/mol. The van der Waals surface area contributed by atoms with E-state index in [0.717, 1.165) is 5.56 Å². The van der Waals surface area contributed by atoms with E-state index in [1.54, 1.807) is 0 Å². The minimum absolute atomic E-state index is 0.0921. The van der Waals surface area contributed by atoms with Crippen LogP contribution in [0.3, 0.4) is 0 Å². The second-order valence-electron chi connectivity index (χ2n) is 5.38. The number of anilines is 1. The van der Waals surface area contributed by atoms with Crippen LogP contribution < -0.4 is 10.1 Å². The summed E-state index contributed by atoms with van der Waals surface area (Å²) in [5, 5.41) is 21.3. The number of carbonyl (C=O) groups excluding carboxylic acids is 1. The van der Waals surface area contributed by atoms with Gasteiger partial charge in [-0.1, -0.05) is 35.5 Å². The number of non-ortho nitro benzene ring substituents is 1. The molecule has 132 valence electrons. The first-order chi connectivity index (χ1) is 12.6. The van der Waals surface area contributed by atoms with E-state index in [9.17, 15) is 14.9 Å². The highest BCUT2D eigenvalue weighted by molar-refractivity contribution is 6.03. The summed E-state index contributed by atoms with van der Waals surface area (Å²) in [6.45, 7) is 0.473. The molecule has 3 rings (SSSR count). The van der Waals surface area contributed by atoms with Crippen molar-refractivity contribution < 1.29 is 14.5 Å². The van der Waals surface area contributed by atoms with Crippen molar-refractivity contribution in [3.05, 3.63) is 76.1 Å². The van der Waals surface area contributed by atoms with E-state index in [1.807, 2.05) is 30.3 Å². The average molecular weight is 353 g/mol. The highest BCUT2D eigenvalue weighted by Gasteiger charge is 2.17. The highest BCUT2D eigenvalue weighted by Crippen LogP contribution is 2.29. The fourth-order valence-electron chi connectivity index (χ4n) is 2.34. The standard InChI is InChI=1S/C17H15N5O4/c1-26-16-8-7-13(22(24)25)9-14(16)18-17(23)15-11-21(20-19-15)10-12-5-3-2-4-6-12/h2-9,11H,10H2,1H3,(H,18,23). The summed E-state index contributed by atoms with van der Waals surface area (Å²) in [6, 6.07) is 13.6. The normalized spacial score (nSPS) is 10.3. The van der Waals surface area contributed by atoms with E-state index in [0.29, 0.717) is 12.3 Å². The Labute approximate surface area is 148 Å². The summed E-state index contributed by atoms with van der Waals surface area (Å²) in [5.41, 5.74) is 1.14. The third kappa shape index (κ3) is 3.83. The third-order valence-corrected chi connectivity index (χ3v) is 3.60. The number of hydrogen-bond acceptors (Lipinski definition) is 6. The Balaban J connectivity index is 1.76. The van der Waals surface area contributed by atoms with Crippen molar-refractivity contribution in [2.24, 2.45) is 0 Å². The summed E-state index contributed by atoms with van der Waals surface area (Å²) in [7, 11) is 1.41. The maximum atomic E-state index is 12.4. The predicted molar refractivity (Wildman–Crippen MR) is 93.2 cm³/mol. The minimum Gasteiger partial charge on any atom is -0.495 e. The zero-order valence-electron chi connectivity index (χ0n) is 13.8. The van der Waals surface area contributed by atoms with Crippen LogP contribution in [0.5, 0.6) is 5.75 Å². The number of nitro benzene ring substituents is 1. The molecular formula is C17H15N5O4. The van der Waals surface area contributed by atoms with E-state index in [1.165, 1.54) is 36.2 Å². The van der Waals surface area contributed by atoms with Crippen LogP contribution in [0, 0.1) is 10.1 Å². The van der Waals surface area contributed by atoms with E-state index in [-0.39, 0.29) is 17.1 Å². The maximum Gasteiger partial charge on any atom is 0.277 e. The van der Waals surface area contributed by atoms with Gasteiger partial charge in [0, 0.05) is 12.1 Å². The first-order valence-electron chi connectivity index (χ1n) is 7.64. The van der Waals surface area contributed by atoms with Gasteiger partial charge >= 0.3 is 0 Å². The summed E-state index contributed by atoms with van der Waals surface area (Å²) in [5.74, 6) is -0.233. The van der Waals surface area contributed by atoms with Gasteiger partial charge in [0.1, 0.15) is 5.75 Å². The maximum absolute atomic E-state index is 12.4. The van der Waals surface area contributed by atoms with E-state index >= 15 is 0 Å². The van der Waals surface area contributed by atoms with E-state index in [2.05, 4.69) is 15.6 Å². The molecule has 9 heteroatoms. The summed E-state index contributed by atoms with van der Waals surface area (Å²) >= 11 is 0. The van der Waals surface area contributed by atoms with Crippen molar-refractivity contribution in [3.8, 4) is 5.75 Å². The van der Waals surface area contributed by atoms with Gasteiger partial charge in [-0.15, -0.1) is 5.10 Å². The fraction of sp³-hybridized carbons (Fsp3) is 0.118. The molecule has 0 aliphatic heterocycles. The Hall–Kier alpha value is -3.75. The number of amides is 1. The van der Waals surface area contributed by atoms with E-state index in [4.69, 9.17) is 4.74 Å². The number of rotatable bonds is 6. The van der Waals surface area contributed by atoms with Gasteiger partial charge in [0.15, 0.2) is 5.69 Å². The average Bonchev–Trinajstić information content (AvgIpc) is 3.11. The monoisotopic (exact) mass is 353 g/mol. The van der Waals surface area contributed by atoms with Crippen LogP contribution in [-0.2, 0) is 6.54 Å². The molecule has 0 aliphatic rings. The Morgan fingerprint density at radius 3 is 2.73 bits per heavy atom. The zero-order chi connectivity index (χ0) is 18.5. The molecule has 0 saturated carbocycles. The van der Waals surface area contributed by atoms with Crippen molar-refractivity contribution in [3.63, 3.8) is 0 Å². The Bertz CT molecular complexity index is 939. The predicted octanol–water partition coefficient (Wildman–Crippen LogP) is 2.50. The second kappa shape index (κ2) is 7.43. The quantitative estimate of drug-likeness (QED) is 0.538. The molecule has 0 fully saturated rings. The fourth-order valence-corrected chi connectivity index (χ4v) is 2.34. The van der Waals surface area contributed by atoms with Crippen LogP contribution in [0.2, 0.25) is 0 Å². The molecule has 0 atom stereocenters. The van der Waals surface area contributed by atoms with Gasteiger partial charge in [-0.3, -0.25) is 14.9 Å². The van der Waals surface area contributed by atoms with Gasteiger partial charge in [0.2, 0.25) is 0 Å². The summed E-state index contributed by atoms with van der Waals surface area (Å²) < 4.78 is 6.66. The van der Waals surface area contributed by atoms with Gasteiger partial charge in [0.25, 0.3) is 11.6 Å². The van der Waals surface area contributed by atoms with Crippen molar-refractivity contribution >= 4 is 17.3 Å². The number of benzene rings is 2. The lowest BCUT2D eigenvalue weighted by Gasteiger charge is -2.08. The number of nitrogens with zero attached hydrogens (tertiary/aromatic N) is 4. The molecule has 9 nitrogen and oxygen atoms in total. The van der Waals surface area contributed by atoms with Gasteiger partial charge in [0.05, 0.1) is 30.5 Å². The van der Waals surface area contributed by atoms with Crippen molar-refractivity contribution in [1.29, 1.82) is 0 Å². The third-order valence-electron chi connectivity index (χ3n) is 3.60. The van der Waals surface area contributed by atoms with Gasteiger partial charge in [-0.05, 0) is 11.6 Å². The van der Waals surface area contributed by atoms with Crippen molar-refractivity contribution in [2.45, 2.75) is 6.54 Å². The number of methoxy groups -OCH3 is 1. The number of nitrogens with one attached hydrogen (secondary N) is 1. The zero-order valence-corrected chi connectivity index (χ0v) is 13.8. The molecule has 0 radical (unpaired) electrons. The molecule has 1 amide bonds. The number of nitro groups is 1.